The molecule has 1 amide bonds. The highest BCUT2D eigenvalue weighted by Gasteiger charge is 2.36. The predicted octanol–water partition coefficient (Wildman–Crippen LogP) is 3.20. The topological polar surface area (TPSA) is 95.7 Å². The van der Waals surface area contributed by atoms with E-state index < -0.39 is 5.54 Å². The minimum Gasteiger partial charge on any atom is -0.493 e. The Hall–Kier alpha value is -2.06. The summed E-state index contributed by atoms with van der Waals surface area (Å²) in [4.78, 5) is 16.6. The molecule has 1 unspecified atom stereocenters. The number of aromatic nitrogens is 1. The highest BCUT2D eigenvalue weighted by atomic mass is 35.5. The smallest absolute Gasteiger partial charge is 0.240 e. The molecule has 1 aromatic heterocycles. The zero-order valence-corrected chi connectivity index (χ0v) is 18.8. The van der Waals surface area contributed by atoms with Crippen LogP contribution in [-0.4, -0.2) is 36.8 Å². The van der Waals surface area contributed by atoms with Crippen molar-refractivity contribution in [2.75, 3.05) is 20.3 Å². The van der Waals surface area contributed by atoms with Gasteiger partial charge >= 0.3 is 0 Å². The van der Waals surface area contributed by atoms with Gasteiger partial charge in [0.05, 0.1) is 18.7 Å². The average molecular weight is 458 g/mol. The molecule has 0 bridgehead atoms. The molecule has 9 heteroatoms. The molecule has 2 heterocycles. The molecule has 166 valence electrons. The summed E-state index contributed by atoms with van der Waals surface area (Å²) in [5.74, 6) is 1.10. The molecule has 0 saturated carbocycles. The monoisotopic (exact) mass is 457 g/mol. The molecule has 3 N–H and O–H groups in total. The molecular formula is C21H29Cl2N3O4. The Morgan fingerprint density at radius 3 is 2.50 bits per heavy atom. The van der Waals surface area contributed by atoms with Gasteiger partial charge in [0.15, 0.2) is 11.5 Å². The quantitative estimate of drug-likeness (QED) is 0.662. The molecule has 0 spiro atoms. The maximum atomic E-state index is 12.6. The number of carbonyl (C=O) groups excluding carboxylic acids is 1. The van der Waals surface area contributed by atoms with E-state index in [9.17, 15) is 4.79 Å². The van der Waals surface area contributed by atoms with Crippen LogP contribution in [0.15, 0.2) is 42.7 Å². The fraction of sp³-hybridized carbons (Fsp3) is 0.429. The Morgan fingerprint density at radius 2 is 1.87 bits per heavy atom. The first-order chi connectivity index (χ1) is 13.5. The van der Waals surface area contributed by atoms with Crippen LogP contribution in [0.25, 0.3) is 0 Å². The molecule has 0 aliphatic carbocycles. The summed E-state index contributed by atoms with van der Waals surface area (Å²) in [5.41, 5.74) is 7.33. The van der Waals surface area contributed by atoms with Gasteiger partial charge in [0, 0.05) is 25.6 Å². The summed E-state index contributed by atoms with van der Waals surface area (Å²) in [7, 11) is 1.60. The molecule has 30 heavy (non-hydrogen) atoms. The summed E-state index contributed by atoms with van der Waals surface area (Å²) in [5, 5.41) is 3.01. The van der Waals surface area contributed by atoms with Crippen LogP contribution in [0.3, 0.4) is 0 Å². The Morgan fingerprint density at radius 1 is 1.20 bits per heavy atom. The van der Waals surface area contributed by atoms with Gasteiger partial charge in [-0.05, 0) is 55.2 Å². The first kappa shape index (κ1) is 26.0. The van der Waals surface area contributed by atoms with Crippen LogP contribution in [0.5, 0.6) is 11.5 Å². The number of carbonyl (C=O) groups is 1. The normalized spacial score (nSPS) is 15.7. The number of nitrogens with one attached hydrogen (secondary N) is 1. The van der Waals surface area contributed by atoms with E-state index >= 15 is 0 Å². The lowest BCUT2D eigenvalue weighted by atomic mass is 9.90. The third-order valence-electron chi connectivity index (χ3n) is 5.02. The minimum absolute atomic E-state index is 0. The van der Waals surface area contributed by atoms with E-state index in [2.05, 4.69) is 10.3 Å². The lowest BCUT2D eigenvalue weighted by Crippen LogP contribution is -2.57. The number of rotatable bonds is 7. The van der Waals surface area contributed by atoms with Gasteiger partial charge in [-0.15, -0.1) is 24.8 Å². The maximum absolute atomic E-state index is 12.6. The number of hydrogen-bond donors (Lipinski definition) is 2. The molecule has 7 nitrogen and oxygen atoms in total. The van der Waals surface area contributed by atoms with Crippen LogP contribution >= 0.6 is 24.8 Å². The van der Waals surface area contributed by atoms with Crippen molar-refractivity contribution in [2.45, 2.75) is 38.0 Å². The number of ether oxygens (including phenoxy) is 3. The van der Waals surface area contributed by atoms with Crippen molar-refractivity contribution in [3.05, 3.63) is 53.9 Å². The van der Waals surface area contributed by atoms with Crippen molar-refractivity contribution >= 4 is 30.7 Å². The Labute approximate surface area is 189 Å². The van der Waals surface area contributed by atoms with Crippen LogP contribution in [0.2, 0.25) is 0 Å². The van der Waals surface area contributed by atoms with E-state index in [0.29, 0.717) is 44.2 Å². The SMILES string of the molecule is COc1cc(C(C)NC(=O)C2(N)CCOCC2)ccc1OCc1ccncc1.Cl.Cl. The van der Waals surface area contributed by atoms with Crippen molar-refractivity contribution in [3.63, 3.8) is 0 Å². The van der Waals surface area contributed by atoms with E-state index in [4.69, 9.17) is 19.9 Å². The summed E-state index contributed by atoms with van der Waals surface area (Å²) >= 11 is 0. The number of nitrogens with zero attached hydrogens (tertiary/aromatic N) is 1. The second-order valence-corrected chi connectivity index (χ2v) is 7.02. The second kappa shape index (κ2) is 12.0. The highest BCUT2D eigenvalue weighted by Crippen LogP contribution is 2.31. The van der Waals surface area contributed by atoms with Gasteiger partial charge in [-0.25, -0.2) is 0 Å². The molecule has 1 atom stereocenters. The Balaban J connectivity index is 0.00000225. The molecule has 1 aliphatic heterocycles. The van der Waals surface area contributed by atoms with Crippen molar-refractivity contribution in [2.24, 2.45) is 5.73 Å². The van der Waals surface area contributed by atoms with Crippen molar-refractivity contribution < 1.29 is 19.0 Å². The third-order valence-corrected chi connectivity index (χ3v) is 5.02. The van der Waals surface area contributed by atoms with E-state index in [-0.39, 0.29) is 36.8 Å². The molecular weight excluding hydrogens is 429 g/mol. The summed E-state index contributed by atoms with van der Waals surface area (Å²) in [6.45, 7) is 3.36. The van der Waals surface area contributed by atoms with Crippen LogP contribution in [-0.2, 0) is 16.1 Å². The van der Waals surface area contributed by atoms with E-state index in [1.807, 2.05) is 37.3 Å². The van der Waals surface area contributed by atoms with Crippen LogP contribution < -0.4 is 20.5 Å². The van der Waals surface area contributed by atoms with Crippen molar-refractivity contribution in [3.8, 4) is 11.5 Å². The van der Waals surface area contributed by atoms with Crippen LogP contribution in [0.4, 0.5) is 0 Å². The average Bonchev–Trinajstić information content (AvgIpc) is 2.73. The maximum Gasteiger partial charge on any atom is 0.240 e. The Bertz CT molecular complexity index is 802. The van der Waals surface area contributed by atoms with Gasteiger partial charge in [-0.2, -0.15) is 0 Å². The van der Waals surface area contributed by atoms with E-state index in [1.165, 1.54) is 0 Å². The molecule has 0 radical (unpaired) electrons. The second-order valence-electron chi connectivity index (χ2n) is 7.02. The van der Waals surface area contributed by atoms with Gasteiger partial charge in [0.2, 0.25) is 5.91 Å². The molecule has 2 aromatic rings. The van der Waals surface area contributed by atoms with Gasteiger partial charge in [-0.1, -0.05) is 6.07 Å². The van der Waals surface area contributed by atoms with Gasteiger partial charge in [0.1, 0.15) is 6.61 Å². The third kappa shape index (κ3) is 6.47. The number of methoxy groups -OCH3 is 1. The molecule has 1 aliphatic rings. The molecule has 1 fully saturated rings. The summed E-state index contributed by atoms with van der Waals surface area (Å²) in [6.07, 6.45) is 4.51. The van der Waals surface area contributed by atoms with Crippen LogP contribution in [0.1, 0.15) is 36.9 Å². The van der Waals surface area contributed by atoms with Gasteiger partial charge in [-0.3, -0.25) is 9.78 Å². The first-order valence-electron chi connectivity index (χ1n) is 9.39. The molecule has 1 aromatic carbocycles. The summed E-state index contributed by atoms with van der Waals surface area (Å²) < 4.78 is 16.7. The minimum atomic E-state index is -0.871. The van der Waals surface area contributed by atoms with Crippen molar-refractivity contribution in [1.29, 1.82) is 0 Å². The number of amides is 1. The largest absolute Gasteiger partial charge is 0.493 e. The van der Waals surface area contributed by atoms with E-state index in [1.54, 1.807) is 19.5 Å². The van der Waals surface area contributed by atoms with Gasteiger partial charge in [0.25, 0.3) is 0 Å². The number of hydrogen-bond acceptors (Lipinski definition) is 6. The zero-order chi connectivity index (χ0) is 20.0. The van der Waals surface area contributed by atoms with Crippen molar-refractivity contribution in [1.82, 2.24) is 10.3 Å². The lowest BCUT2D eigenvalue weighted by Gasteiger charge is -2.33. The standard InChI is InChI=1S/C21H27N3O4.2ClH/c1-15(24-20(25)21(22)7-11-27-12-8-21)17-3-4-18(19(13-17)26-2)28-14-16-5-9-23-10-6-16;;/h3-6,9-10,13,15H,7-8,11-12,14,22H2,1-2H3,(H,24,25);2*1H. The van der Waals surface area contributed by atoms with E-state index in [0.717, 1.165) is 11.1 Å². The number of nitrogens with two attached hydrogens (primary N) is 1. The zero-order valence-electron chi connectivity index (χ0n) is 17.1. The lowest BCUT2D eigenvalue weighted by molar-refractivity contribution is -0.130. The first-order valence-corrected chi connectivity index (χ1v) is 9.39. The van der Waals surface area contributed by atoms with Crippen LogP contribution in [0, 0.1) is 0 Å². The fourth-order valence-corrected chi connectivity index (χ4v) is 3.10. The molecule has 3 rings (SSSR count). The fourth-order valence-electron chi connectivity index (χ4n) is 3.10. The molecule has 1 saturated heterocycles. The van der Waals surface area contributed by atoms with Gasteiger partial charge < -0.3 is 25.3 Å². The number of halogens is 2. The predicted molar refractivity (Wildman–Crippen MR) is 120 cm³/mol. The number of pyridine rings is 1. The summed E-state index contributed by atoms with van der Waals surface area (Å²) in [6, 6.07) is 9.24. The number of benzene rings is 1. The highest BCUT2D eigenvalue weighted by molar-refractivity contribution is 5.86. The Kier molecular flexibility index (Phi) is 10.4.